The predicted octanol–water partition coefficient (Wildman–Crippen LogP) is 3.20. The topological polar surface area (TPSA) is 55.0 Å². The molecule has 2 N–H and O–H groups in total. The van der Waals surface area contributed by atoms with Crippen molar-refractivity contribution >= 4 is 11.6 Å². The summed E-state index contributed by atoms with van der Waals surface area (Å²) in [7, 11) is 2.15. The zero-order valence-corrected chi connectivity index (χ0v) is 12.6. The zero-order chi connectivity index (χ0) is 14.0. The number of nitrogen functional groups attached to an aromatic ring is 1. The molecular weight excluding hydrogens is 236 g/mol. The van der Waals surface area contributed by atoms with Gasteiger partial charge in [-0.05, 0) is 24.7 Å². The van der Waals surface area contributed by atoms with Crippen LogP contribution in [0.4, 0.5) is 11.6 Å². The summed E-state index contributed by atoms with van der Waals surface area (Å²) in [4.78, 5) is 11.0. The van der Waals surface area contributed by atoms with Crippen molar-refractivity contribution in [3.63, 3.8) is 0 Å². The fraction of sp³-hybridized carbons (Fsp3) is 0.733. The van der Waals surface area contributed by atoms with Crippen molar-refractivity contribution in [3.8, 4) is 0 Å². The van der Waals surface area contributed by atoms with Crippen molar-refractivity contribution in [2.45, 2.75) is 58.4 Å². The summed E-state index contributed by atoms with van der Waals surface area (Å²) in [6.07, 6.45) is 6.75. The van der Waals surface area contributed by atoms with Gasteiger partial charge < -0.3 is 10.6 Å². The first kappa shape index (κ1) is 14.1. The van der Waals surface area contributed by atoms with E-state index in [4.69, 9.17) is 5.73 Å². The van der Waals surface area contributed by atoms with Gasteiger partial charge in [-0.15, -0.1) is 0 Å². The number of hydrogen-bond donors (Lipinski definition) is 1. The molecule has 1 aliphatic carbocycles. The molecule has 2 rings (SSSR count). The minimum atomic E-state index is 0.347. The largest absolute Gasteiger partial charge is 0.383 e. The molecule has 1 aromatic rings. The number of nitrogens with two attached hydrogens (primary N) is 1. The summed E-state index contributed by atoms with van der Waals surface area (Å²) in [6.45, 7) is 6.64. The molecule has 2 unspecified atom stereocenters. The van der Waals surface area contributed by atoms with Crippen LogP contribution in [0.25, 0.3) is 0 Å². The van der Waals surface area contributed by atoms with E-state index < -0.39 is 0 Å². The first-order valence-corrected chi connectivity index (χ1v) is 7.34. The molecule has 0 radical (unpaired) electrons. The van der Waals surface area contributed by atoms with E-state index in [1.165, 1.54) is 25.7 Å². The molecule has 0 saturated heterocycles. The van der Waals surface area contributed by atoms with Gasteiger partial charge in [0.25, 0.3) is 0 Å². The second-order valence-electron chi connectivity index (χ2n) is 6.19. The lowest BCUT2D eigenvalue weighted by molar-refractivity contribution is 0.335. The van der Waals surface area contributed by atoms with Crippen LogP contribution in [0.5, 0.6) is 0 Å². The third kappa shape index (κ3) is 2.99. The highest BCUT2D eigenvalue weighted by atomic mass is 15.2. The van der Waals surface area contributed by atoms with Gasteiger partial charge in [-0.3, -0.25) is 0 Å². The first-order chi connectivity index (χ1) is 9.00. The lowest BCUT2D eigenvalue weighted by atomic mass is 9.86. The summed E-state index contributed by atoms with van der Waals surface area (Å²) >= 11 is 0. The van der Waals surface area contributed by atoms with E-state index in [9.17, 15) is 0 Å². The molecule has 1 aliphatic rings. The maximum Gasteiger partial charge on any atom is 0.137 e. The van der Waals surface area contributed by atoms with E-state index in [0.717, 1.165) is 17.3 Å². The van der Waals surface area contributed by atoms with E-state index in [1.54, 1.807) is 6.33 Å². The molecule has 1 fully saturated rings. The van der Waals surface area contributed by atoms with Crippen molar-refractivity contribution in [3.05, 3.63) is 11.9 Å². The maximum atomic E-state index is 6.04. The summed E-state index contributed by atoms with van der Waals surface area (Å²) in [5.41, 5.74) is 7.13. The molecule has 0 spiro atoms. The second kappa shape index (κ2) is 5.76. The van der Waals surface area contributed by atoms with Crippen LogP contribution in [0.3, 0.4) is 0 Å². The number of rotatable bonds is 3. The molecule has 4 nitrogen and oxygen atoms in total. The molecule has 0 bridgehead atoms. The third-order valence-electron chi connectivity index (χ3n) is 4.26. The van der Waals surface area contributed by atoms with Gasteiger partial charge in [0.05, 0.1) is 0 Å². The molecule has 4 heteroatoms. The quantitative estimate of drug-likeness (QED) is 0.909. The smallest absolute Gasteiger partial charge is 0.137 e. The Kier molecular flexibility index (Phi) is 4.27. The van der Waals surface area contributed by atoms with Crippen LogP contribution in [0.1, 0.15) is 57.9 Å². The minimum Gasteiger partial charge on any atom is -0.383 e. The SMILES string of the molecule is CC1CCCC(N(C)c2ncnc(N)c2C(C)C)C1. The average molecular weight is 262 g/mol. The van der Waals surface area contributed by atoms with Gasteiger partial charge in [-0.2, -0.15) is 0 Å². The molecule has 0 aliphatic heterocycles. The van der Waals surface area contributed by atoms with Crippen molar-refractivity contribution < 1.29 is 0 Å². The number of nitrogens with zero attached hydrogens (tertiary/aromatic N) is 3. The van der Waals surface area contributed by atoms with Crippen LogP contribution in [0.2, 0.25) is 0 Å². The van der Waals surface area contributed by atoms with Crippen molar-refractivity contribution in [1.82, 2.24) is 9.97 Å². The van der Waals surface area contributed by atoms with E-state index in [2.05, 4.69) is 42.7 Å². The van der Waals surface area contributed by atoms with E-state index in [-0.39, 0.29) is 0 Å². The van der Waals surface area contributed by atoms with Crippen LogP contribution in [0.15, 0.2) is 6.33 Å². The van der Waals surface area contributed by atoms with Crippen LogP contribution < -0.4 is 10.6 Å². The maximum absolute atomic E-state index is 6.04. The Hall–Kier alpha value is -1.32. The average Bonchev–Trinajstić information content (AvgIpc) is 2.37. The van der Waals surface area contributed by atoms with Crippen molar-refractivity contribution in [2.24, 2.45) is 5.92 Å². The Balaban J connectivity index is 2.28. The van der Waals surface area contributed by atoms with E-state index in [1.807, 2.05) is 0 Å². The summed E-state index contributed by atoms with van der Waals surface area (Å²) in [6, 6.07) is 0.579. The fourth-order valence-corrected chi connectivity index (χ4v) is 3.16. The van der Waals surface area contributed by atoms with E-state index in [0.29, 0.717) is 17.8 Å². The van der Waals surface area contributed by atoms with Crippen LogP contribution >= 0.6 is 0 Å². The zero-order valence-electron chi connectivity index (χ0n) is 12.6. The Morgan fingerprint density at radius 3 is 2.68 bits per heavy atom. The Morgan fingerprint density at radius 1 is 1.32 bits per heavy atom. The first-order valence-electron chi connectivity index (χ1n) is 7.34. The molecule has 1 saturated carbocycles. The van der Waals surface area contributed by atoms with Gasteiger partial charge in [-0.25, -0.2) is 9.97 Å². The number of anilines is 2. The van der Waals surface area contributed by atoms with Crippen molar-refractivity contribution in [1.29, 1.82) is 0 Å². The fourth-order valence-electron chi connectivity index (χ4n) is 3.16. The lowest BCUT2D eigenvalue weighted by Gasteiger charge is -2.36. The highest BCUT2D eigenvalue weighted by molar-refractivity contribution is 5.58. The monoisotopic (exact) mass is 262 g/mol. The standard InChI is InChI=1S/C15H26N4/c1-10(2)13-14(16)17-9-18-15(13)19(4)12-7-5-6-11(3)8-12/h9-12H,5-8H2,1-4H3,(H2,16,17,18). The highest BCUT2D eigenvalue weighted by Crippen LogP contribution is 2.33. The normalized spacial score (nSPS) is 23.6. The highest BCUT2D eigenvalue weighted by Gasteiger charge is 2.26. The molecule has 2 atom stereocenters. The molecule has 19 heavy (non-hydrogen) atoms. The van der Waals surface area contributed by atoms with Crippen LogP contribution in [0, 0.1) is 5.92 Å². The lowest BCUT2D eigenvalue weighted by Crippen LogP contribution is -2.37. The van der Waals surface area contributed by atoms with Gasteiger partial charge in [0.1, 0.15) is 18.0 Å². The Morgan fingerprint density at radius 2 is 2.05 bits per heavy atom. The van der Waals surface area contributed by atoms with Crippen molar-refractivity contribution in [2.75, 3.05) is 17.7 Å². The van der Waals surface area contributed by atoms with Gasteiger partial charge in [0.2, 0.25) is 0 Å². The van der Waals surface area contributed by atoms with Gasteiger partial charge in [0, 0.05) is 18.7 Å². The molecule has 106 valence electrons. The summed E-state index contributed by atoms with van der Waals surface area (Å²) < 4.78 is 0. The number of aromatic nitrogens is 2. The molecule has 1 aromatic heterocycles. The molecular formula is C15H26N4. The molecule has 0 amide bonds. The van der Waals surface area contributed by atoms with Gasteiger partial charge >= 0.3 is 0 Å². The van der Waals surface area contributed by atoms with Gasteiger partial charge in [-0.1, -0.05) is 33.6 Å². The molecule has 0 aromatic carbocycles. The van der Waals surface area contributed by atoms with Crippen LogP contribution in [-0.2, 0) is 0 Å². The number of hydrogen-bond acceptors (Lipinski definition) is 4. The van der Waals surface area contributed by atoms with Crippen LogP contribution in [-0.4, -0.2) is 23.1 Å². The minimum absolute atomic E-state index is 0.347. The van der Waals surface area contributed by atoms with Gasteiger partial charge in [0.15, 0.2) is 0 Å². The Labute approximate surface area is 116 Å². The van der Waals surface area contributed by atoms with E-state index >= 15 is 0 Å². The Bertz CT molecular complexity index is 430. The summed E-state index contributed by atoms with van der Waals surface area (Å²) in [5, 5.41) is 0. The predicted molar refractivity (Wildman–Crippen MR) is 80.4 cm³/mol. The molecule has 1 heterocycles. The second-order valence-corrected chi connectivity index (χ2v) is 6.19. The third-order valence-corrected chi connectivity index (χ3v) is 4.26. The summed E-state index contributed by atoms with van der Waals surface area (Å²) in [5.74, 6) is 2.79.